The molecule has 0 saturated heterocycles. The summed E-state index contributed by atoms with van der Waals surface area (Å²) in [5, 5.41) is 11.5. The van der Waals surface area contributed by atoms with Crippen LogP contribution in [-0.2, 0) is 9.59 Å². The Balaban J connectivity index is 2.77. The van der Waals surface area contributed by atoms with Crippen LogP contribution in [0.25, 0.3) is 0 Å². The van der Waals surface area contributed by atoms with Gasteiger partial charge in [0.15, 0.2) is 0 Å². The lowest BCUT2D eigenvalue weighted by atomic mass is 10.2. The van der Waals surface area contributed by atoms with Crippen LogP contribution in [0.2, 0.25) is 0 Å². The third kappa shape index (κ3) is 6.34. The zero-order valence-electron chi connectivity index (χ0n) is 14.3. The molecule has 2 amide bonds. The maximum atomic E-state index is 14.0. The van der Waals surface area contributed by atoms with Crippen LogP contribution in [0.1, 0.15) is 20.3 Å². The Labute approximate surface area is 141 Å². The fourth-order valence-corrected chi connectivity index (χ4v) is 2.20. The largest absolute Gasteiger partial charge is 0.353 e. The number of hydrogen-bond acceptors (Lipinski definition) is 4. The van der Waals surface area contributed by atoms with E-state index in [-0.39, 0.29) is 49.6 Å². The quantitative estimate of drug-likeness (QED) is 0.782. The van der Waals surface area contributed by atoms with Crippen molar-refractivity contribution in [1.29, 1.82) is 5.26 Å². The van der Waals surface area contributed by atoms with Gasteiger partial charge in [0, 0.05) is 12.6 Å². The van der Waals surface area contributed by atoms with E-state index in [9.17, 15) is 14.0 Å². The number of amides is 2. The number of nitrogens with one attached hydrogen (secondary N) is 1. The Bertz CT molecular complexity index is 613. The first-order valence-corrected chi connectivity index (χ1v) is 7.75. The van der Waals surface area contributed by atoms with Crippen molar-refractivity contribution >= 4 is 17.5 Å². The van der Waals surface area contributed by atoms with Gasteiger partial charge >= 0.3 is 0 Å². The van der Waals surface area contributed by atoms with Crippen LogP contribution in [0, 0.1) is 17.1 Å². The predicted octanol–water partition coefficient (Wildman–Crippen LogP) is 1.53. The minimum Gasteiger partial charge on any atom is -0.353 e. The van der Waals surface area contributed by atoms with Crippen molar-refractivity contribution in [2.75, 3.05) is 31.6 Å². The van der Waals surface area contributed by atoms with E-state index >= 15 is 0 Å². The van der Waals surface area contributed by atoms with Gasteiger partial charge in [0.1, 0.15) is 5.82 Å². The smallest absolute Gasteiger partial charge is 0.241 e. The molecular weight excluding hydrogens is 311 g/mol. The molecule has 0 radical (unpaired) electrons. The Morgan fingerprint density at radius 1 is 1.29 bits per heavy atom. The first kappa shape index (κ1) is 19.6. The molecular formula is C17H23FN4O2. The SMILES string of the molecule is CC(C)NC(=O)CN(C)CC(=O)N(CCC#N)c1ccccc1F. The number of rotatable bonds is 8. The standard InChI is InChI=1S/C17H23FN4O2/c1-13(2)20-16(23)11-21(3)12-17(24)22(10-6-9-19)15-8-5-4-7-14(15)18/h4-5,7-8,13H,6,10-12H2,1-3H3,(H,20,23). The lowest BCUT2D eigenvalue weighted by Crippen LogP contribution is -2.44. The summed E-state index contributed by atoms with van der Waals surface area (Å²) in [6.45, 7) is 3.82. The molecule has 0 atom stereocenters. The van der Waals surface area contributed by atoms with Crippen molar-refractivity contribution in [2.45, 2.75) is 26.3 Å². The zero-order valence-corrected chi connectivity index (χ0v) is 14.3. The maximum absolute atomic E-state index is 14.0. The third-order valence-corrected chi connectivity index (χ3v) is 3.16. The monoisotopic (exact) mass is 334 g/mol. The molecule has 6 nitrogen and oxygen atoms in total. The molecule has 0 fully saturated rings. The van der Waals surface area contributed by atoms with E-state index in [1.165, 1.54) is 23.1 Å². The maximum Gasteiger partial charge on any atom is 0.241 e. The van der Waals surface area contributed by atoms with Crippen LogP contribution in [0.5, 0.6) is 0 Å². The topological polar surface area (TPSA) is 76.4 Å². The molecule has 0 aliphatic rings. The average Bonchev–Trinajstić information content (AvgIpc) is 2.48. The summed E-state index contributed by atoms with van der Waals surface area (Å²) < 4.78 is 14.0. The lowest BCUT2D eigenvalue weighted by Gasteiger charge is -2.25. The van der Waals surface area contributed by atoms with Crippen LogP contribution in [-0.4, -0.2) is 49.4 Å². The Kier molecular flexibility index (Phi) is 7.86. The van der Waals surface area contributed by atoms with Gasteiger partial charge in [-0.15, -0.1) is 0 Å². The van der Waals surface area contributed by atoms with Gasteiger partial charge in [0.05, 0.1) is 31.3 Å². The number of nitrogens with zero attached hydrogens (tertiary/aromatic N) is 3. The van der Waals surface area contributed by atoms with Gasteiger partial charge in [0.25, 0.3) is 0 Å². The van der Waals surface area contributed by atoms with Gasteiger partial charge in [0.2, 0.25) is 11.8 Å². The number of carbonyl (C=O) groups is 2. The molecule has 24 heavy (non-hydrogen) atoms. The Morgan fingerprint density at radius 3 is 2.54 bits per heavy atom. The highest BCUT2D eigenvalue weighted by Gasteiger charge is 2.20. The highest BCUT2D eigenvalue weighted by Crippen LogP contribution is 2.19. The van der Waals surface area contributed by atoms with Gasteiger partial charge in [-0.1, -0.05) is 12.1 Å². The summed E-state index contributed by atoms with van der Waals surface area (Å²) >= 11 is 0. The zero-order chi connectivity index (χ0) is 18.1. The lowest BCUT2D eigenvalue weighted by molar-refractivity contribution is -0.123. The van der Waals surface area contributed by atoms with Crippen LogP contribution in [0.15, 0.2) is 24.3 Å². The minimum atomic E-state index is -0.524. The summed E-state index contributed by atoms with van der Waals surface area (Å²) in [7, 11) is 1.64. The van der Waals surface area contributed by atoms with Crippen molar-refractivity contribution in [3.8, 4) is 6.07 Å². The molecule has 0 saturated carbocycles. The first-order chi connectivity index (χ1) is 11.3. The second-order valence-corrected chi connectivity index (χ2v) is 5.80. The molecule has 7 heteroatoms. The second kappa shape index (κ2) is 9.63. The number of hydrogen-bond donors (Lipinski definition) is 1. The molecule has 1 aromatic carbocycles. The highest BCUT2D eigenvalue weighted by atomic mass is 19.1. The molecule has 130 valence electrons. The van der Waals surface area contributed by atoms with E-state index in [2.05, 4.69) is 5.32 Å². The first-order valence-electron chi connectivity index (χ1n) is 7.75. The van der Waals surface area contributed by atoms with Crippen LogP contribution >= 0.6 is 0 Å². The van der Waals surface area contributed by atoms with E-state index in [4.69, 9.17) is 5.26 Å². The Morgan fingerprint density at radius 2 is 1.96 bits per heavy atom. The molecule has 1 rings (SSSR count). The van der Waals surface area contributed by atoms with Gasteiger partial charge in [-0.25, -0.2) is 4.39 Å². The summed E-state index contributed by atoms with van der Waals surface area (Å²) in [6.07, 6.45) is 0.0949. The van der Waals surface area contributed by atoms with Gasteiger partial charge in [-0.3, -0.25) is 14.5 Å². The van der Waals surface area contributed by atoms with Crippen molar-refractivity contribution in [2.24, 2.45) is 0 Å². The normalized spacial score (nSPS) is 10.5. The molecule has 1 aromatic rings. The molecule has 0 aliphatic heterocycles. The fraction of sp³-hybridized carbons (Fsp3) is 0.471. The third-order valence-electron chi connectivity index (χ3n) is 3.16. The number of anilines is 1. The van der Waals surface area contributed by atoms with E-state index in [0.717, 1.165) is 0 Å². The number of likely N-dealkylation sites (N-methyl/N-ethyl adjacent to an activating group) is 1. The molecule has 0 spiro atoms. The van der Waals surface area contributed by atoms with Gasteiger partial charge in [-0.2, -0.15) is 5.26 Å². The fourth-order valence-electron chi connectivity index (χ4n) is 2.20. The highest BCUT2D eigenvalue weighted by molar-refractivity contribution is 5.95. The van der Waals surface area contributed by atoms with Gasteiger partial charge < -0.3 is 10.2 Å². The van der Waals surface area contributed by atoms with E-state index in [1.54, 1.807) is 18.0 Å². The van der Waals surface area contributed by atoms with E-state index in [0.29, 0.717) is 0 Å². The molecule has 0 bridgehead atoms. The van der Waals surface area contributed by atoms with E-state index in [1.807, 2.05) is 19.9 Å². The summed E-state index contributed by atoms with van der Waals surface area (Å²) in [5.41, 5.74) is 0.137. The van der Waals surface area contributed by atoms with Crippen molar-refractivity contribution < 1.29 is 14.0 Å². The number of benzene rings is 1. The molecule has 1 N–H and O–H groups in total. The number of halogens is 1. The predicted molar refractivity (Wildman–Crippen MR) is 89.8 cm³/mol. The number of carbonyl (C=O) groups excluding carboxylic acids is 2. The molecule has 0 aliphatic carbocycles. The summed E-state index contributed by atoms with van der Waals surface area (Å²) in [5.74, 6) is -1.08. The molecule has 0 heterocycles. The average molecular weight is 334 g/mol. The van der Waals surface area contributed by atoms with Crippen LogP contribution < -0.4 is 10.2 Å². The van der Waals surface area contributed by atoms with Crippen LogP contribution in [0.3, 0.4) is 0 Å². The second-order valence-electron chi connectivity index (χ2n) is 5.80. The van der Waals surface area contributed by atoms with Crippen molar-refractivity contribution in [3.63, 3.8) is 0 Å². The van der Waals surface area contributed by atoms with Gasteiger partial charge in [-0.05, 0) is 33.0 Å². The molecule has 0 unspecified atom stereocenters. The minimum absolute atomic E-state index is 0.0205. The van der Waals surface area contributed by atoms with E-state index < -0.39 is 5.82 Å². The van der Waals surface area contributed by atoms with Crippen molar-refractivity contribution in [1.82, 2.24) is 10.2 Å². The molecule has 0 aromatic heterocycles. The Hall–Kier alpha value is -2.46. The summed E-state index contributed by atoms with van der Waals surface area (Å²) in [6, 6.07) is 7.90. The number of para-hydroxylation sites is 1. The number of nitriles is 1. The summed E-state index contributed by atoms with van der Waals surface area (Å²) in [4.78, 5) is 27.0. The van der Waals surface area contributed by atoms with Crippen molar-refractivity contribution in [3.05, 3.63) is 30.1 Å². The van der Waals surface area contributed by atoms with Crippen LogP contribution in [0.4, 0.5) is 10.1 Å².